The first-order chi connectivity index (χ1) is 6.79. The van der Waals surface area contributed by atoms with Crippen molar-refractivity contribution in [3.05, 3.63) is 0 Å². The lowest BCUT2D eigenvalue weighted by molar-refractivity contribution is -0.393. The molecule has 2 rings (SSSR count). The molecule has 14 heavy (non-hydrogen) atoms. The number of hydrogen-bond donors (Lipinski definition) is 2. The summed E-state index contributed by atoms with van der Waals surface area (Å²) in [4.78, 5) is 9.90. The Balaban J connectivity index is 1.93. The maximum Gasteiger partial charge on any atom is 0.124 e. The van der Waals surface area contributed by atoms with Crippen LogP contribution in [-0.2, 0) is 9.78 Å². The van der Waals surface area contributed by atoms with Crippen LogP contribution in [0, 0.1) is 5.92 Å². The molecule has 0 aromatic rings. The van der Waals surface area contributed by atoms with Crippen molar-refractivity contribution in [3.63, 3.8) is 0 Å². The molecule has 82 valence electrons. The summed E-state index contributed by atoms with van der Waals surface area (Å²) in [5.41, 5.74) is 0. The van der Waals surface area contributed by atoms with Gasteiger partial charge in [-0.25, -0.2) is 9.78 Å². The van der Waals surface area contributed by atoms with Crippen LogP contribution < -0.4 is 0 Å². The van der Waals surface area contributed by atoms with E-state index in [0.717, 1.165) is 12.8 Å². The van der Waals surface area contributed by atoms with Crippen molar-refractivity contribution in [2.24, 2.45) is 5.92 Å². The van der Waals surface area contributed by atoms with Crippen molar-refractivity contribution in [2.45, 2.75) is 50.4 Å². The monoisotopic (exact) mass is 202 g/mol. The summed E-state index contributed by atoms with van der Waals surface area (Å²) >= 11 is 0. The fraction of sp³-hybridized carbons (Fsp3) is 1.00. The molecule has 0 spiro atoms. The Kier molecular flexibility index (Phi) is 3.38. The largest absolute Gasteiger partial charge is 0.388 e. The fourth-order valence-electron chi connectivity index (χ4n) is 2.38. The molecule has 1 saturated heterocycles. The van der Waals surface area contributed by atoms with Gasteiger partial charge in [-0.1, -0.05) is 19.3 Å². The lowest BCUT2D eigenvalue weighted by atomic mass is 9.82. The summed E-state index contributed by atoms with van der Waals surface area (Å²) in [7, 11) is 0. The van der Waals surface area contributed by atoms with Gasteiger partial charge in [0.05, 0.1) is 0 Å². The second kappa shape index (κ2) is 4.57. The molecule has 0 aromatic heterocycles. The SMILES string of the molecule is O[C@@H]1[C@@H](C2CCCCC2)OOC[C@@H]1O. The van der Waals surface area contributed by atoms with Crippen LogP contribution in [0.15, 0.2) is 0 Å². The van der Waals surface area contributed by atoms with Gasteiger partial charge in [-0.2, -0.15) is 0 Å². The van der Waals surface area contributed by atoms with Crippen LogP contribution in [0.1, 0.15) is 32.1 Å². The van der Waals surface area contributed by atoms with Crippen molar-refractivity contribution in [1.82, 2.24) is 0 Å². The molecule has 0 aromatic carbocycles. The number of hydrogen-bond acceptors (Lipinski definition) is 4. The predicted molar refractivity (Wildman–Crippen MR) is 49.4 cm³/mol. The van der Waals surface area contributed by atoms with Gasteiger partial charge in [0.15, 0.2) is 0 Å². The van der Waals surface area contributed by atoms with Crippen molar-refractivity contribution in [3.8, 4) is 0 Å². The molecule has 3 atom stereocenters. The lowest BCUT2D eigenvalue weighted by Gasteiger charge is -2.37. The van der Waals surface area contributed by atoms with Crippen LogP contribution in [-0.4, -0.2) is 35.1 Å². The molecule has 1 saturated carbocycles. The van der Waals surface area contributed by atoms with Gasteiger partial charge in [0.25, 0.3) is 0 Å². The zero-order valence-corrected chi connectivity index (χ0v) is 8.26. The maximum absolute atomic E-state index is 9.73. The van der Waals surface area contributed by atoms with E-state index >= 15 is 0 Å². The molecule has 4 nitrogen and oxygen atoms in total. The summed E-state index contributed by atoms with van der Waals surface area (Å²) in [6, 6.07) is 0. The van der Waals surface area contributed by atoms with Crippen molar-refractivity contribution in [2.75, 3.05) is 6.61 Å². The highest BCUT2D eigenvalue weighted by molar-refractivity contribution is 4.84. The Bertz CT molecular complexity index is 179. The van der Waals surface area contributed by atoms with E-state index in [-0.39, 0.29) is 12.7 Å². The third-order valence-electron chi connectivity index (χ3n) is 3.26. The van der Waals surface area contributed by atoms with Crippen LogP contribution >= 0.6 is 0 Å². The molecule has 4 heteroatoms. The number of aliphatic hydroxyl groups is 2. The van der Waals surface area contributed by atoms with Gasteiger partial charge in [0.1, 0.15) is 24.9 Å². The van der Waals surface area contributed by atoms with Gasteiger partial charge in [-0.3, -0.25) is 0 Å². The summed E-state index contributed by atoms with van der Waals surface area (Å²) < 4.78 is 0. The summed E-state index contributed by atoms with van der Waals surface area (Å²) in [6.07, 6.45) is 3.86. The molecule has 0 bridgehead atoms. The van der Waals surface area contributed by atoms with Crippen molar-refractivity contribution >= 4 is 0 Å². The zero-order chi connectivity index (χ0) is 9.97. The second-order valence-corrected chi connectivity index (χ2v) is 4.30. The van der Waals surface area contributed by atoms with Crippen molar-refractivity contribution < 1.29 is 20.0 Å². The zero-order valence-electron chi connectivity index (χ0n) is 8.26. The van der Waals surface area contributed by atoms with Crippen LogP contribution in [0.3, 0.4) is 0 Å². The molecule has 0 amide bonds. The molecule has 0 radical (unpaired) electrons. The fourth-order valence-corrected chi connectivity index (χ4v) is 2.38. The van der Waals surface area contributed by atoms with Crippen LogP contribution in [0.5, 0.6) is 0 Å². The highest BCUT2D eigenvalue weighted by Crippen LogP contribution is 2.31. The van der Waals surface area contributed by atoms with Crippen LogP contribution in [0.2, 0.25) is 0 Å². The first kappa shape index (κ1) is 10.4. The molecule has 1 aliphatic heterocycles. The Hall–Kier alpha value is -0.160. The molecule has 1 heterocycles. The van der Waals surface area contributed by atoms with Gasteiger partial charge in [-0.05, 0) is 18.8 Å². The minimum Gasteiger partial charge on any atom is -0.388 e. The summed E-state index contributed by atoms with van der Waals surface area (Å²) in [5, 5.41) is 19.2. The van der Waals surface area contributed by atoms with Gasteiger partial charge in [0.2, 0.25) is 0 Å². The van der Waals surface area contributed by atoms with E-state index in [2.05, 4.69) is 0 Å². The van der Waals surface area contributed by atoms with E-state index in [1.54, 1.807) is 0 Å². The minimum atomic E-state index is -0.796. The van der Waals surface area contributed by atoms with Crippen molar-refractivity contribution in [1.29, 1.82) is 0 Å². The van der Waals surface area contributed by atoms with Crippen LogP contribution in [0.25, 0.3) is 0 Å². The third kappa shape index (κ3) is 2.08. The van der Waals surface area contributed by atoms with Gasteiger partial charge in [0, 0.05) is 0 Å². The Morgan fingerprint density at radius 2 is 1.71 bits per heavy atom. The molecule has 2 fully saturated rings. The maximum atomic E-state index is 9.73. The topological polar surface area (TPSA) is 58.9 Å². The number of aliphatic hydroxyl groups excluding tert-OH is 2. The van der Waals surface area contributed by atoms with E-state index in [4.69, 9.17) is 9.78 Å². The van der Waals surface area contributed by atoms with E-state index in [1.165, 1.54) is 19.3 Å². The van der Waals surface area contributed by atoms with E-state index in [1.807, 2.05) is 0 Å². The first-order valence-electron chi connectivity index (χ1n) is 5.43. The van der Waals surface area contributed by atoms with E-state index in [0.29, 0.717) is 5.92 Å². The number of rotatable bonds is 1. The standard InChI is InChI=1S/C10H18O4/c11-8-6-13-14-10(9(8)12)7-4-2-1-3-5-7/h7-12H,1-6H2/t8-,9-,10+/m0/s1. The minimum absolute atomic E-state index is 0.0738. The Labute approximate surface area is 83.8 Å². The van der Waals surface area contributed by atoms with Gasteiger partial charge < -0.3 is 10.2 Å². The van der Waals surface area contributed by atoms with Gasteiger partial charge in [-0.15, -0.1) is 0 Å². The highest BCUT2D eigenvalue weighted by Gasteiger charge is 2.38. The second-order valence-electron chi connectivity index (χ2n) is 4.30. The third-order valence-corrected chi connectivity index (χ3v) is 3.26. The molecule has 2 aliphatic rings. The molecule has 1 aliphatic carbocycles. The molecule has 0 unspecified atom stereocenters. The van der Waals surface area contributed by atoms with E-state index < -0.39 is 12.2 Å². The first-order valence-corrected chi connectivity index (χ1v) is 5.43. The Morgan fingerprint density at radius 3 is 2.43 bits per heavy atom. The lowest BCUT2D eigenvalue weighted by Crippen LogP contribution is -2.50. The van der Waals surface area contributed by atoms with Crippen LogP contribution in [0.4, 0.5) is 0 Å². The quantitative estimate of drug-likeness (QED) is 0.612. The summed E-state index contributed by atoms with van der Waals surface area (Å²) in [5.74, 6) is 0.341. The summed E-state index contributed by atoms with van der Waals surface area (Å²) in [6.45, 7) is 0.0738. The smallest absolute Gasteiger partial charge is 0.124 e. The van der Waals surface area contributed by atoms with Gasteiger partial charge >= 0.3 is 0 Å². The average Bonchev–Trinajstić information content (AvgIpc) is 2.23. The van der Waals surface area contributed by atoms with E-state index in [9.17, 15) is 10.2 Å². The normalized spacial score (nSPS) is 41.1. The molecular weight excluding hydrogens is 184 g/mol. The highest BCUT2D eigenvalue weighted by atomic mass is 17.2. The Morgan fingerprint density at radius 1 is 1.00 bits per heavy atom. The average molecular weight is 202 g/mol. The molecular formula is C10H18O4. The molecule has 2 N–H and O–H groups in total. The predicted octanol–water partition coefficient (Wildman–Crippen LogP) is 0.619.